The Hall–Kier alpha value is -3.14. The molecule has 0 bridgehead atoms. The first-order chi connectivity index (χ1) is 11.6. The highest BCUT2D eigenvalue weighted by atomic mass is 16.1. The highest BCUT2D eigenvalue weighted by Gasteiger charge is 2.14. The van der Waals surface area contributed by atoms with Crippen molar-refractivity contribution >= 4 is 33.4 Å². The van der Waals surface area contributed by atoms with Crippen molar-refractivity contribution < 1.29 is 4.79 Å². The van der Waals surface area contributed by atoms with Crippen molar-refractivity contribution in [1.29, 1.82) is 0 Å². The van der Waals surface area contributed by atoms with Crippen LogP contribution in [0.25, 0.3) is 21.8 Å². The molecule has 0 spiro atoms. The molecule has 0 saturated carbocycles. The number of hydrogen-bond acceptors (Lipinski definition) is 2. The molecule has 4 rings (SSSR count). The lowest BCUT2D eigenvalue weighted by molar-refractivity contribution is 0.102. The number of aromatic nitrogens is 2. The fraction of sp³-hybridized carbons (Fsp3) is 0.100. The molecule has 0 aliphatic carbocycles. The molecule has 0 radical (unpaired) electrons. The summed E-state index contributed by atoms with van der Waals surface area (Å²) in [6.07, 6.45) is 1.87. The van der Waals surface area contributed by atoms with Crippen LogP contribution in [0.2, 0.25) is 0 Å². The number of nitrogens with one attached hydrogen (secondary N) is 2. The van der Waals surface area contributed by atoms with E-state index in [9.17, 15) is 4.79 Å². The zero-order valence-corrected chi connectivity index (χ0v) is 13.6. The van der Waals surface area contributed by atoms with E-state index in [1.54, 1.807) is 0 Å². The molecule has 118 valence electrons. The number of hydrogen-bond donors (Lipinski definition) is 2. The number of H-pyrrole nitrogens is 1. The van der Waals surface area contributed by atoms with E-state index in [0.717, 1.165) is 38.8 Å². The highest BCUT2D eigenvalue weighted by molar-refractivity contribution is 6.14. The molecule has 2 heterocycles. The molecule has 2 aromatic heterocycles. The van der Waals surface area contributed by atoms with E-state index < -0.39 is 0 Å². The molecule has 0 fully saturated rings. The summed E-state index contributed by atoms with van der Waals surface area (Å²) in [5.41, 5.74) is 5.22. The Morgan fingerprint density at radius 1 is 1.04 bits per heavy atom. The first-order valence-corrected chi connectivity index (χ1v) is 7.87. The number of rotatable bonds is 2. The summed E-state index contributed by atoms with van der Waals surface area (Å²) in [7, 11) is 0. The van der Waals surface area contributed by atoms with Crippen LogP contribution in [-0.4, -0.2) is 15.9 Å². The van der Waals surface area contributed by atoms with Crippen molar-refractivity contribution in [2.24, 2.45) is 0 Å². The van der Waals surface area contributed by atoms with E-state index in [4.69, 9.17) is 0 Å². The number of nitrogens with zero attached hydrogens (tertiary/aromatic N) is 1. The third-order valence-corrected chi connectivity index (χ3v) is 4.18. The first kappa shape index (κ1) is 14.5. The van der Waals surface area contributed by atoms with Crippen molar-refractivity contribution in [3.8, 4) is 0 Å². The Balaban J connectivity index is 1.81. The highest BCUT2D eigenvalue weighted by Crippen LogP contribution is 2.25. The van der Waals surface area contributed by atoms with Gasteiger partial charge in [-0.3, -0.25) is 9.78 Å². The minimum absolute atomic E-state index is 0.121. The standard InChI is InChI=1S/C20H17N3O/c1-12-6-7-19-15(10-12)16(11-13(2)22-19)20(24)23-18-5-3-4-17-14(18)8-9-21-17/h3-11,21H,1-2H3,(H,23,24). The number of pyridine rings is 1. The number of carbonyl (C=O) groups is 1. The van der Waals surface area contributed by atoms with Gasteiger partial charge in [-0.2, -0.15) is 0 Å². The summed E-state index contributed by atoms with van der Waals surface area (Å²) >= 11 is 0. The van der Waals surface area contributed by atoms with Crippen LogP contribution >= 0.6 is 0 Å². The summed E-state index contributed by atoms with van der Waals surface area (Å²) < 4.78 is 0. The molecule has 4 aromatic rings. The minimum Gasteiger partial charge on any atom is -0.361 e. The van der Waals surface area contributed by atoms with E-state index in [1.165, 1.54) is 0 Å². The van der Waals surface area contributed by atoms with Gasteiger partial charge in [-0.15, -0.1) is 0 Å². The molecule has 0 atom stereocenters. The number of benzene rings is 2. The fourth-order valence-corrected chi connectivity index (χ4v) is 3.04. The van der Waals surface area contributed by atoms with Gasteiger partial charge < -0.3 is 10.3 Å². The molecule has 2 N–H and O–H groups in total. The predicted molar refractivity (Wildman–Crippen MR) is 97.5 cm³/mol. The molecule has 0 unspecified atom stereocenters. The van der Waals surface area contributed by atoms with Crippen LogP contribution in [0.4, 0.5) is 5.69 Å². The van der Waals surface area contributed by atoms with Gasteiger partial charge in [0.05, 0.1) is 16.8 Å². The fourth-order valence-electron chi connectivity index (χ4n) is 3.04. The molecular weight excluding hydrogens is 298 g/mol. The van der Waals surface area contributed by atoms with Crippen molar-refractivity contribution in [3.63, 3.8) is 0 Å². The lowest BCUT2D eigenvalue weighted by Gasteiger charge is -2.10. The number of fused-ring (bicyclic) bond motifs is 2. The largest absolute Gasteiger partial charge is 0.361 e. The Kier molecular flexibility index (Phi) is 3.31. The zero-order valence-electron chi connectivity index (χ0n) is 13.6. The molecule has 0 aliphatic heterocycles. The molecule has 4 heteroatoms. The maximum atomic E-state index is 12.9. The van der Waals surface area contributed by atoms with E-state index in [-0.39, 0.29) is 5.91 Å². The summed E-state index contributed by atoms with van der Waals surface area (Å²) in [5, 5.41) is 4.91. The Bertz CT molecular complexity index is 1080. The van der Waals surface area contributed by atoms with Crippen molar-refractivity contribution in [3.05, 3.63) is 71.5 Å². The number of aromatic amines is 1. The monoisotopic (exact) mass is 315 g/mol. The zero-order chi connectivity index (χ0) is 16.7. The molecular formula is C20H17N3O. The Labute approximate surface area is 139 Å². The minimum atomic E-state index is -0.121. The van der Waals surface area contributed by atoms with Gasteiger partial charge in [-0.25, -0.2) is 0 Å². The average Bonchev–Trinajstić information content (AvgIpc) is 3.04. The average molecular weight is 315 g/mol. The van der Waals surface area contributed by atoms with Crippen LogP contribution in [0.5, 0.6) is 0 Å². The summed E-state index contributed by atoms with van der Waals surface area (Å²) in [6, 6.07) is 15.6. The van der Waals surface area contributed by atoms with E-state index in [0.29, 0.717) is 5.56 Å². The first-order valence-electron chi connectivity index (χ1n) is 7.87. The molecule has 24 heavy (non-hydrogen) atoms. The van der Waals surface area contributed by atoms with Gasteiger partial charge in [0.15, 0.2) is 0 Å². The Morgan fingerprint density at radius 2 is 1.92 bits per heavy atom. The van der Waals surface area contributed by atoms with Crippen molar-refractivity contribution in [1.82, 2.24) is 9.97 Å². The third-order valence-electron chi connectivity index (χ3n) is 4.18. The van der Waals surface area contributed by atoms with E-state index in [2.05, 4.69) is 15.3 Å². The van der Waals surface area contributed by atoms with Crippen LogP contribution in [0.3, 0.4) is 0 Å². The number of anilines is 1. The van der Waals surface area contributed by atoms with Gasteiger partial charge in [0.2, 0.25) is 0 Å². The second-order valence-corrected chi connectivity index (χ2v) is 6.03. The maximum absolute atomic E-state index is 12.9. The number of amides is 1. The van der Waals surface area contributed by atoms with Crippen molar-refractivity contribution in [2.45, 2.75) is 13.8 Å². The second kappa shape index (κ2) is 5.49. The van der Waals surface area contributed by atoms with Gasteiger partial charge in [-0.05, 0) is 50.2 Å². The summed E-state index contributed by atoms with van der Waals surface area (Å²) in [5.74, 6) is -0.121. The smallest absolute Gasteiger partial charge is 0.256 e. The quantitative estimate of drug-likeness (QED) is 0.568. The second-order valence-electron chi connectivity index (χ2n) is 6.03. The molecule has 0 saturated heterocycles. The van der Waals surface area contributed by atoms with Crippen LogP contribution in [0.15, 0.2) is 54.7 Å². The molecule has 4 nitrogen and oxygen atoms in total. The molecule has 2 aromatic carbocycles. The summed E-state index contributed by atoms with van der Waals surface area (Å²) in [4.78, 5) is 20.6. The van der Waals surface area contributed by atoms with Gasteiger partial charge >= 0.3 is 0 Å². The lowest BCUT2D eigenvalue weighted by Crippen LogP contribution is -2.13. The van der Waals surface area contributed by atoms with Gasteiger partial charge in [0.25, 0.3) is 5.91 Å². The van der Waals surface area contributed by atoms with Crippen LogP contribution in [-0.2, 0) is 0 Å². The molecule has 0 aliphatic rings. The number of aryl methyl sites for hydroxylation is 2. The third kappa shape index (κ3) is 2.42. The van der Waals surface area contributed by atoms with E-state index >= 15 is 0 Å². The molecule has 1 amide bonds. The van der Waals surface area contributed by atoms with Crippen LogP contribution in [0.1, 0.15) is 21.6 Å². The van der Waals surface area contributed by atoms with Gasteiger partial charge in [0, 0.05) is 28.2 Å². The maximum Gasteiger partial charge on any atom is 0.256 e. The van der Waals surface area contributed by atoms with Crippen LogP contribution < -0.4 is 5.32 Å². The topological polar surface area (TPSA) is 57.8 Å². The summed E-state index contributed by atoms with van der Waals surface area (Å²) in [6.45, 7) is 3.92. The Morgan fingerprint density at radius 3 is 2.79 bits per heavy atom. The van der Waals surface area contributed by atoms with Crippen LogP contribution in [0, 0.1) is 13.8 Å². The van der Waals surface area contributed by atoms with Gasteiger partial charge in [-0.1, -0.05) is 17.7 Å². The SMILES string of the molecule is Cc1ccc2nc(C)cc(C(=O)Nc3cccc4[nH]ccc34)c2c1. The normalized spacial score (nSPS) is 11.1. The van der Waals surface area contributed by atoms with Crippen molar-refractivity contribution in [2.75, 3.05) is 5.32 Å². The van der Waals surface area contributed by atoms with E-state index in [1.807, 2.05) is 68.6 Å². The lowest BCUT2D eigenvalue weighted by atomic mass is 10.0. The number of carbonyl (C=O) groups excluding carboxylic acids is 1. The predicted octanol–water partition coefficient (Wildman–Crippen LogP) is 4.59. The van der Waals surface area contributed by atoms with Gasteiger partial charge in [0.1, 0.15) is 0 Å².